The van der Waals surface area contributed by atoms with E-state index in [1.165, 1.54) is 0 Å². The fourth-order valence-electron chi connectivity index (χ4n) is 1.92. The Balaban J connectivity index is 1.69. The summed E-state index contributed by atoms with van der Waals surface area (Å²) in [6.45, 7) is 0.598. The molecule has 3 N–H and O–H groups in total. The zero-order valence-electron chi connectivity index (χ0n) is 12.8. The van der Waals surface area contributed by atoms with E-state index in [1.54, 1.807) is 7.11 Å². The average Bonchev–Trinajstić information content (AvgIpc) is 2.60. The third kappa shape index (κ3) is 5.96. The predicted octanol–water partition coefficient (Wildman–Crippen LogP) is 1.93. The SMILES string of the molecule is COc1ccc(CC(=O)NNC(=S)NCc2ccccc2)cc1. The number of benzene rings is 2. The normalized spacial score (nSPS) is 9.78. The van der Waals surface area contributed by atoms with E-state index in [4.69, 9.17) is 17.0 Å². The zero-order valence-corrected chi connectivity index (χ0v) is 13.7. The highest BCUT2D eigenvalue weighted by Crippen LogP contribution is 2.11. The lowest BCUT2D eigenvalue weighted by Crippen LogP contribution is -2.47. The fourth-order valence-corrected chi connectivity index (χ4v) is 2.05. The van der Waals surface area contributed by atoms with Gasteiger partial charge in [0.1, 0.15) is 5.75 Å². The number of rotatable bonds is 5. The zero-order chi connectivity index (χ0) is 16.5. The monoisotopic (exact) mass is 329 g/mol. The number of hydrogen-bond donors (Lipinski definition) is 3. The molecule has 0 aromatic heterocycles. The smallest absolute Gasteiger partial charge is 0.242 e. The second-order valence-corrected chi connectivity index (χ2v) is 5.27. The Hall–Kier alpha value is -2.60. The van der Waals surface area contributed by atoms with Gasteiger partial charge in [-0.1, -0.05) is 42.5 Å². The standard InChI is InChI=1S/C17H19N3O2S/c1-22-15-9-7-13(8-10-15)11-16(21)19-20-17(23)18-12-14-5-3-2-4-6-14/h2-10H,11-12H2,1H3,(H,19,21)(H2,18,20,23). The van der Waals surface area contributed by atoms with Crippen molar-refractivity contribution in [3.63, 3.8) is 0 Å². The van der Waals surface area contributed by atoms with Crippen LogP contribution in [0.25, 0.3) is 0 Å². The van der Waals surface area contributed by atoms with Gasteiger partial charge in [0.2, 0.25) is 5.91 Å². The van der Waals surface area contributed by atoms with Gasteiger partial charge in [0.25, 0.3) is 0 Å². The molecule has 5 nitrogen and oxygen atoms in total. The highest BCUT2D eigenvalue weighted by atomic mass is 32.1. The molecule has 0 bridgehead atoms. The van der Waals surface area contributed by atoms with Gasteiger partial charge in [-0.3, -0.25) is 15.6 Å². The first kappa shape index (κ1) is 16.8. The molecule has 0 aliphatic heterocycles. The number of ether oxygens (including phenoxy) is 1. The van der Waals surface area contributed by atoms with E-state index in [2.05, 4.69) is 16.2 Å². The lowest BCUT2D eigenvalue weighted by atomic mass is 10.1. The number of hydrazine groups is 1. The first-order valence-corrected chi connectivity index (χ1v) is 7.58. The van der Waals surface area contributed by atoms with Crippen LogP contribution in [0.3, 0.4) is 0 Å². The summed E-state index contributed by atoms with van der Waals surface area (Å²) < 4.78 is 5.08. The van der Waals surface area contributed by atoms with Crippen LogP contribution in [-0.4, -0.2) is 18.1 Å². The van der Waals surface area contributed by atoms with Gasteiger partial charge in [-0.15, -0.1) is 0 Å². The minimum atomic E-state index is -0.168. The minimum absolute atomic E-state index is 0.168. The summed E-state index contributed by atoms with van der Waals surface area (Å²) in [6.07, 6.45) is 0.262. The second-order valence-electron chi connectivity index (χ2n) is 4.87. The predicted molar refractivity (Wildman–Crippen MR) is 93.9 cm³/mol. The minimum Gasteiger partial charge on any atom is -0.497 e. The third-order valence-electron chi connectivity index (χ3n) is 3.14. The van der Waals surface area contributed by atoms with Crippen LogP contribution in [0.5, 0.6) is 5.75 Å². The molecule has 1 amide bonds. The molecule has 0 fully saturated rings. The van der Waals surface area contributed by atoms with Gasteiger partial charge in [0.15, 0.2) is 5.11 Å². The summed E-state index contributed by atoms with van der Waals surface area (Å²) in [5, 5.41) is 3.39. The van der Waals surface area contributed by atoms with Crippen LogP contribution in [0.1, 0.15) is 11.1 Å². The van der Waals surface area contributed by atoms with Crippen LogP contribution in [0, 0.1) is 0 Å². The molecule has 0 radical (unpaired) electrons. The largest absolute Gasteiger partial charge is 0.497 e. The van der Waals surface area contributed by atoms with E-state index in [1.807, 2.05) is 54.6 Å². The van der Waals surface area contributed by atoms with Crippen molar-refractivity contribution in [1.29, 1.82) is 0 Å². The lowest BCUT2D eigenvalue weighted by Gasteiger charge is -2.11. The van der Waals surface area contributed by atoms with Crippen molar-refractivity contribution < 1.29 is 9.53 Å². The molecule has 0 atom stereocenters. The van der Waals surface area contributed by atoms with Crippen molar-refractivity contribution in [3.05, 3.63) is 65.7 Å². The van der Waals surface area contributed by atoms with Gasteiger partial charge < -0.3 is 10.1 Å². The molecule has 2 aromatic rings. The van der Waals surface area contributed by atoms with E-state index >= 15 is 0 Å². The molecule has 0 saturated carbocycles. The number of amides is 1. The molecule has 0 spiro atoms. The van der Waals surface area contributed by atoms with E-state index in [9.17, 15) is 4.79 Å². The van der Waals surface area contributed by atoms with Gasteiger partial charge >= 0.3 is 0 Å². The summed E-state index contributed by atoms with van der Waals surface area (Å²) in [5.74, 6) is 0.595. The number of carbonyl (C=O) groups is 1. The Morgan fingerprint density at radius 1 is 1.00 bits per heavy atom. The summed E-state index contributed by atoms with van der Waals surface area (Å²) in [4.78, 5) is 11.9. The van der Waals surface area contributed by atoms with Gasteiger partial charge in [0, 0.05) is 6.54 Å². The fraction of sp³-hybridized carbons (Fsp3) is 0.176. The molecule has 0 unspecified atom stereocenters. The molecule has 6 heteroatoms. The molecule has 0 heterocycles. The summed E-state index contributed by atoms with van der Waals surface area (Å²) in [7, 11) is 1.61. The highest BCUT2D eigenvalue weighted by Gasteiger charge is 2.04. The summed E-state index contributed by atoms with van der Waals surface area (Å²) >= 11 is 5.12. The van der Waals surface area contributed by atoms with Gasteiger partial charge in [0.05, 0.1) is 13.5 Å². The van der Waals surface area contributed by atoms with E-state index < -0.39 is 0 Å². The number of methoxy groups -OCH3 is 1. The number of thiocarbonyl (C=S) groups is 1. The van der Waals surface area contributed by atoms with Crippen molar-refractivity contribution >= 4 is 23.2 Å². The molecule has 0 saturated heterocycles. The molecule has 0 aliphatic carbocycles. The molecule has 2 aromatic carbocycles. The summed E-state index contributed by atoms with van der Waals surface area (Å²) in [5.41, 5.74) is 7.27. The van der Waals surface area contributed by atoms with Crippen LogP contribution >= 0.6 is 12.2 Å². The lowest BCUT2D eigenvalue weighted by molar-refractivity contribution is -0.121. The van der Waals surface area contributed by atoms with E-state index in [0.717, 1.165) is 16.9 Å². The van der Waals surface area contributed by atoms with Gasteiger partial charge in [-0.25, -0.2) is 0 Å². The Morgan fingerprint density at radius 3 is 2.35 bits per heavy atom. The van der Waals surface area contributed by atoms with E-state index in [-0.39, 0.29) is 12.3 Å². The van der Waals surface area contributed by atoms with E-state index in [0.29, 0.717) is 11.7 Å². The van der Waals surface area contributed by atoms with Crippen LogP contribution < -0.4 is 20.9 Å². The van der Waals surface area contributed by atoms with Crippen LogP contribution in [-0.2, 0) is 17.8 Å². The molecule has 0 aliphatic rings. The van der Waals surface area contributed by atoms with Crippen molar-refractivity contribution in [2.75, 3.05) is 7.11 Å². The molecular formula is C17H19N3O2S. The second kappa shape index (κ2) is 8.75. The van der Waals surface area contributed by atoms with Crippen molar-refractivity contribution in [2.45, 2.75) is 13.0 Å². The number of nitrogens with one attached hydrogen (secondary N) is 3. The maximum atomic E-state index is 11.9. The quantitative estimate of drug-likeness (QED) is 0.578. The number of hydrogen-bond acceptors (Lipinski definition) is 3. The first-order valence-electron chi connectivity index (χ1n) is 7.17. The van der Waals surface area contributed by atoms with Crippen LogP contribution in [0.4, 0.5) is 0 Å². The highest BCUT2D eigenvalue weighted by molar-refractivity contribution is 7.80. The molecular weight excluding hydrogens is 310 g/mol. The maximum absolute atomic E-state index is 11.9. The van der Waals surface area contributed by atoms with Gasteiger partial charge in [-0.2, -0.15) is 0 Å². The first-order chi connectivity index (χ1) is 11.2. The van der Waals surface area contributed by atoms with Crippen LogP contribution in [0.2, 0.25) is 0 Å². The topological polar surface area (TPSA) is 62.4 Å². The summed E-state index contributed by atoms with van der Waals surface area (Å²) in [6, 6.07) is 17.2. The van der Waals surface area contributed by atoms with Gasteiger partial charge in [-0.05, 0) is 35.5 Å². The number of carbonyl (C=O) groups excluding carboxylic acids is 1. The third-order valence-corrected chi connectivity index (χ3v) is 3.38. The molecule has 2 rings (SSSR count). The Bertz CT molecular complexity index is 645. The maximum Gasteiger partial charge on any atom is 0.242 e. The Labute approximate surface area is 141 Å². The van der Waals surface area contributed by atoms with Crippen molar-refractivity contribution in [1.82, 2.24) is 16.2 Å². The average molecular weight is 329 g/mol. The van der Waals surface area contributed by atoms with Crippen LogP contribution in [0.15, 0.2) is 54.6 Å². The Morgan fingerprint density at radius 2 is 1.70 bits per heavy atom. The van der Waals surface area contributed by atoms with Crippen molar-refractivity contribution in [3.8, 4) is 5.75 Å². The molecule has 120 valence electrons. The van der Waals surface area contributed by atoms with Crippen molar-refractivity contribution in [2.24, 2.45) is 0 Å². The molecule has 23 heavy (non-hydrogen) atoms. The Kier molecular flexibility index (Phi) is 6.38.